The van der Waals surface area contributed by atoms with Crippen molar-refractivity contribution in [2.45, 2.75) is 12.3 Å². The first-order chi connectivity index (χ1) is 12.5. The van der Waals surface area contributed by atoms with Gasteiger partial charge in [-0.15, -0.1) is 0 Å². The Morgan fingerprint density at radius 2 is 1.69 bits per heavy atom. The van der Waals surface area contributed by atoms with E-state index in [0.717, 1.165) is 29.2 Å². The lowest BCUT2D eigenvalue weighted by molar-refractivity contribution is -0.130. The molecule has 2 aromatic carbocycles. The molecule has 1 aliphatic heterocycles. The number of likely N-dealkylation sites (N-methyl/N-ethyl adjacent to an activating group) is 2. The van der Waals surface area contributed by atoms with E-state index in [1.165, 1.54) is 0 Å². The second-order valence-corrected chi connectivity index (χ2v) is 6.90. The molecule has 0 saturated heterocycles. The zero-order valence-electron chi connectivity index (χ0n) is 15.6. The molecule has 1 heterocycles. The molecule has 0 radical (unpaired) electrons. The normalized spacial score (nSPS) is 13.7. The third-order valence-electron chi connectivity index (χ3n) is 4.69. The van der Waals surface area contributed by atoms with Gasteiger partial charge in [-0.1, -0.05) is 36.4 Å². The SMILES string of the molecule is CN(C)CCN(C)C(=O)CC(c1ccccc1)c1ccc2c(c1)OCO2. The second kappa shape index (κ2) is 8.23. The number of nitrogens with zero attached hydrogens (tertiary/aromatic N) is 2. The predicted molar refractivity (Wildman–Crippen MR) is 102 cm³/mol. The molecule has 0 aromatic heterocycles. The van der Waals surface area contributed by atoms with Crippen LogP contribution in [0.25, 0.3) is 0 Å². The van der Waals surface area contributed by atoms with Crippen molar-refractivity contribution in [3.05, 3.63) is 59.7 Å². The molecule has 0 saturated carbocycles. The number of rotatable bonds is 7. The van der Waals surface area contributed by atoms with E-state index in [2.05, 4.69) is 17.0 Å². The largest absolute Gasteiger partial charge is 0.454 e. The summed E-state index contributed by atoms with van der Waals surface area (Å²) in [7, 11) is 5.89. The average Bonchev–Trinajstić information content (AvgIpc) is 3.12. The molecule has 2 aromatic rings. The van der Waals surface area contributed by atoms with Crippen molar-refractivity contribution in [3.63, 3.8) is 0 Å². The van der Waals surface area contributed by atoms with Crippen LogP contribution in [0.4, 0.5) is 0 Å². The number of fused-ring (bicyclic) bond motifs is 1. The third kappa shape index (κ3) is 4.35. The first-order valence-electron chi connectivity index (χ1n) is 8.88. The van der Waals surface area contributed by atoms with Gasteiger partial charge in [0.1, 0.15) is 0 Å². The van der Waals surface area contributed by atoms with E-state index in [0.29, 0.717) is 13.0 Å². The zero-order valence-corrected chi connectivity index (χ0v) is 15.6. The van der Waals surface area contributed by atoms with E-state index in [4.69, 9.17) is 9.47 Å². The number of hydrogen-bond acceptors (Lipinski definition) is 4. The van der Waals surface area contributed by atoms with Crippen LogP contribution < -0.4 is 9.47 Å². The van der Waals surface area contributed by atoms with E-state index in [1.807, 2.05) is 62.4 Å². The van der Waals surface area contributed by atoms with Gasteiger partial charge in [0.2, 0.25) is 12.7 Å². The Morgan fingerprint density at radius 1 is 0.962 bits per heavy atom. The molecule has 3 rings (SSSR count). The molecule has 0 aliphatic carbocycles. The Labute approximate surface area is 155 Å². The fourth-order valence-electron chi connectivity index (χ4n) is 3.05. The minimum absolute atomic E-state index is 0.0139. The van der Waals surface area contributed by atoms with Crippen LogP contribution >= 0.6 is 0 Å². The summed E-state index contributed by atoms with van der Waals surface area (Å²) in [6.07, 6.45) is 0.424. The van der Waals surface area contributed by atoms with E-state index >= 15 is 0 Å². The molecule has 138 valence electrons. The van der Waals surface area contributed by atoms with Crippen LogP contribution in [0.15, 0.2) is 48.5 Å². The Hall–Kier alpha value is -2.53. The molecule has 26 heavy (non-hydrogen) atoms. The van der Waals surface area contributed by atoms with Gasteiger partial charge in [-0.2, -0.15) is 0 Å². The van der Waals surface area contributed by atoms with Gasteiger partial charge in [0.05, 0.1) is 0 Å². The van der Waals surface area contributed by atoms with Gasteiger partial charge >= 0.3 is 0 Å². The van der Waals surface area contributed by atoms with Gasteiger partial charge < -0.3 is 19.3 Å². The summed E-state index contributed by atoms with van der Waals surface area (Å²) in [5.74, 6) is 1.63. The lowest BCUT2D eigenvalue weighted by atomic mass is 9.88. The molecular weight excluding hydrogens is 328 g/mol. The predicted octanol–water partition coefficient (Wildman–Crippen LogP) is 2.96. The van der Waals surface area contributed by atoms with Crippen LogP contribution in [0, 0.1) is 0 Å². The zero-order chi connectivity index (χ0) is 18.5. The smallest absolute Gasteiger partial charge is 0.231 e. The minimum atomic E-state index is -0.0139. The van der Waals surface area contributed by atoms with E-state index < -0.39 is 0 Å². The lowest BCUT2D eigenvalue weighted by Gasteiger charge is -2.24. The third-order valence-corrected chi connectivity index (χ3v) is 4.69. The second-order valence-electron chi connectivity index (χ2n) is 6.90. The molecule has 1 aliphatic rings. The summed E-state index contributed by atoms with van der Waals surface area (Å²) in [6, 6.07) is 16.1. The summed E-state index contributed by atoms with van der Waals surface area (Å²) in [6.45, 7) is 1.82. The first kappa shape index (κ1) is 18.3. The molecule has 0 spiro atoms. The molecule has 0 N–H and O–H groups in total. The monoisotopic (exact) mass is 354 g/mol. The highest BCUT2D eigenvalue weighted by Crippen LogP contribution is 2.37. The molecule has 1 atom stereocenters. The quantitative estimate of drug-likeness (QED) is 0.767. The fourth-order valence-corrected chi connectivity index (χ4v) is 3.05. The molecular formula is C21H26N2O3. The van der Waals surface area contributed by atoms with Crippen molar-refractivity contribution < 1.29 is 14.3 Å². The van der Waals surface area contributed by atoms with E-state index in [1.54, 1.807) is 0 Å². The number of benzene rings is 2. The Kier molecular flexibility index (Phi) is 5.78. The molecule has 0 bridgehead atoms. The van der Waals surface area contributed by atoms with Crippen LogP contribution in [0.1, 0.15) is 23.5 Å². The highest BCUT2D eigenvalue weighted by atomic mass is 16.7. The van der Waals surface area contributed by atoms with Crippen LogP contribution in [-0.4, -0.2) is 56.7 Å². The van der Waals surface area contributed by atoms with Crippen molar-refractivity contribution >= 4 is 5.91 Å². The molecule has 5 heteroatoms. The molecule has 1 unspecified atom stereocenters. The maximum atomic E-state index is 12.8. The summed E-state index contributed by atoms with van der Waals surface area (Å²) < 4.78 is 10.9. The van der Waals surface area contributed by atoms with Crippen LogP contribution in [0.3, 0.4) is 0 Å². The number of ether oxygens (including phenoxy) is 2. The van der Waals surface area contributed by atoms with Gasteiger partial charge in [0, 0.05) is 32.5 Å². The summed E-state index contributed by atoms with van der Waals surface area (Å²) >= 11 is 0. The Balaban J connectivity index is 1.82. The number of carbonyl (C=O) groups excluding carboxylic acids is 1. The van der Waals surface area contributed by atoms with Crippen molar-refractivity contribution in [3.8, 4) is 11.5 Å². The summed E-state index contributed by atoms with van der Waals surface area (Å²) in [5, 5.41) is 0. The van der Waals surface area contributed by atoms with Crippen molar-refractivity contribution in [1.82, 2.24) is 9.80 Å². The number of hydrogen-bond donors (Lipinski definition) is 0. The Morgan fingerprint density at radius 3 is 2.42 bits per heavy atom. The van der Waals surface area contributed by atoms with Gasteiger partial charge in [-0.3, -0.25) is 4.79 Å². The topological polar surface area (TPSA) is 42.0 Å². The number of carbonyl (C=O) groups is 1. The van der Waals surface area contributed by atoms with Crippen LogP contribution in [0.5, 0.6) is 11.5 Å². The summed E-state index contributed by atoms with van der Waals surface area (Å²) in [4.78, 5) is 16.7. The fraction of sp³-hybridized carbons (Fsp3) is 0.381. The maximum absolute atomic E-state index is 12.8. The van der Waals surface area contributed by atoms with Crippen molar-refractivity contribution in [1.29, 1.82) is 0 Å². The van der Waals surface area contributed by atoms with Gasteiger partial charge in [0.25, 0.3) is 0 Å². The molecule has 1 amide bonds. The molecule has 0 fully saturated rings. The van der Waals surface area contributed by atoms with Gasteiger partial charge in [-0.05, 0) is 37.4 Å². The number of amides is 1. The van der Waals surface area contributed by atoms with Crippen LogP contribution in [0.2, 0.25) is 0 Å². The van der Waals surface area contributed by atoms with Crippen molar-refractivity contribution in [2.75, 3.05) is 41.0 Å². The average molecular weight is 354 g/mol. The van der Waals surface area contributed by atoms with Crippen LogP contribution in [-0.2, 0) is 4.79 Å². The highest BCUT2D eigenvalue weighted by molar-refractivity contribution is 5.77. The minimum Gasteiger partial charge on any atom is -0.454 e. The van der Waals surface area contributed by atoms with Gasteiger partial charge in [-0.25, -0.2) is 0 Å². The molecule has 5 nitrogen and oxygen atoms in total. The highest BCUT2D eigenvalue weighted by Gasteiger charge is 2.23. The van der Waals surface area contributed by atoms with E-state index in [9.17, 15) is 4.79 Å². The first-order valence-corrected chi connectivity index (χ1v) is 8.88. The maximum Gasteiger partial charge on any atom is 0.231 e. The van der Waals surface area contributed by atoms with Gasteiger partial charge in [0.15, 0.2) is 11.5 Å². The standard InChI is InChI=1S/C21H26N2O3/c1-22(2)11-12-23(3)21(24)14-18(16-7-5-4-6-8-16)17-9-10-19-20(13-17)26-15-25-19/h4-10,13,18H,11-12,14-15H2,1-3H3. The Bertz CT molecular complexity index is 746. The van der Waals surface area contributed by atoms with Crippen molar-refractivity contribution in [2.24, 2.45) is 0 Å². The van der Waals surface area contributed by atoms with E-state index in [-0.39, 0.29) is 18.6 Å². The lowest BCUT2D eigenvalue weighted by Crippen LogP contribution is -2.34. The summed E-state index contributed by atoms with van der Waals surface area (Å²) in [5.41, 5.74) is 2.19.